The van der Waals surface area contributed by atoms with Gasteiger partial charge in [0.2, 0.25) is 0 Å². The molecule has 1 aromatic heterocycles. The molecule has 0 bridgehead atoms. The number of rotatable bonds is 14. The summed E-state index contributed by atoms with van der Waals surface area (Å²) in [5, 5.41) is 0. The summed E-state index contributed by atoms with van der Waals surface area (Å²) in [6.45, 7) is 1.77. The summed E-state index contributed by atoms with van der Waals surface area (Å²) < 4.78 is 10.1. The third-order valence-electron chi connectivity index (χ3n) is 3.74. The first-order valence-corrected chi connectivity index (χ1v) is 8.37. The summed E-state index contributed by atoms with van der Waals surface area (Å²) in [5.41, 5.74) is 1.29. The van der Waals surface area contributed by atoms with Crippen LogP contribution in [-0.2, 0) is 22.3 Å². The maximum absolute atomic E-state index is 5.06. The second-order valence-corrected chi connectivity index (χ2v) is 5.67. The first-order chi connectivity index (χ1) is 10.4. The zero-order valence-electron chi connectivity index (χ0n) is 13.8. The molecule has 0 saturated carbocycles. The number of ether oxygens (including phenoxy) is 2. The van der Waals surface area contributed by atoms with Gasteiger partial charge in [-0.3, -0.25) is 0 Å². The van der Waals surface area contributed by atoms with E-state index in [9.17, 15) is 0 Å². The summed E-state index contributed by atoms with van der Waals surface area (Å²) in [5.74, 6) is 1.15. The molecule has 1 rings (SSSR count). The van der Waals surface area contributed by atoms with Gasteiger partial charge in [-0.2, -0.15) is 0 Å². The normalized spacial score (nSPS) is 11.1. The molecule has 0 amide bonds. The van der Waals surface area contributed by atoms with E-state index < -0.39 is 0 Å². The van der Waals surface area contributed by atoms with Crippen molar-refractivity contribution in [2.75, 3.05) is 27.4 Å². The van der Waals surface area contributed by atoms with Gasteiger partial charge in [-0.05, 0) is 32.1 Å². The van der Waals surface area contributed by atoms with Gasteiger partial charge in [0.25, 0.3) is 0 Å². The first-order valence-electron chi connectivity index (χ1n) is 8.37. The van der Waals surface area contributed by atoms with E-state index in [1.807, 2.05) is 6.20 Å². The van der Waals surface area contributed by atoms with Crippen LogP contribution < -0.4 is 0 Å². The monoisotopic (exact) mass is 296 g/mol. The SMILES string of the molecule is COCCCCCCc1cnc(CCCCCCOC)[nH]1. The Balaban J connectivity index is 2.01. The molecule has 0 aromatic carbocycles. The second-order valence-electron chi connectivity index (χ2n) is 5.67. The smallest absolute Gasteiger partial charge is 0.106 e. The van der Waals surface area contributed by atoms with Gasteiger partial charge in [0, 0.05) is 45.7 Å². The average molecular weight is 296 g/mol. The summed E-state index contributed by atoms with van der Waals surface area (Å²) in [4.78, 5) is 7.94. The minimum atomic E-state index is 0.884. The fourth-order valence-electron chi connectivity index (χ4n) is 2.47. The Morgan fingerprint density at radius 1 is 0.810 bits per heavy atom. The number of hydrogen-bond donors (Lipinski definition) is 1. The van der Waals surface area contributed by atoms with Gasteiger partial charge in [0.15, 0.2) is 0 Å². The van der Waals surface area contributed by atoms with E-state index in [1.54, 1.807) is 14.2 Å². The molecule has 1 heterocycles. The molecular formula is C17H32N2O2. The fraction of sp³-hybridized carbons (Fsp3) is 0.824. The Morgan fingerprint density at radius 3 is 2.00 bits per heavy atom. The van der Waals surface area contributed by atoms with Crippen molar-refractivity contribution in [2.45, 2.75) is 64.2 Å². The van der Waals surface area contributed by atoms with Crippen LogP contribution in [0.25, 0.3) is 0 Å². The minimum Gasteiger partial charge on any atom is -0.385 e. The van der Waals surface area contributed by atoms with Crippen molar-refractivity contribution in [3.05, 3.63) is 17.7 Å². The van der Waals surface area contributed by atoms with Crippen molar-refractivity contribution in [2.24, 2.45) is 0 Å². The Morgan fingerprint density at radius 2 is 1.38 bits per heavy atom. The Labute approximate surface area is 129 Å². The summed E-state index contributed by atoms with van der Waals surface area (Å²) in [6, 6.07) is 0. The van der Waals surface area contributed by atoms with E-state index in [0.717, 1.165) is 31.9 Å². The van der Waals surface area contributed by atoms with Crippen molar-refractivity contribution in [3.63, 3.8) is 0 Å². The first kappa shape index (κ1) is 18.2. The van der Waals surface area contributed by atoms with Crippen LogP contribution >= 0.6 is 0 Å². The van der Waals surface area contributed by atoms with Gasteiger partial charge < -0.3 is 14.5 Å². The van der Waals surface area contributed by atoms with E-state index in [0.29, 0.717) is 0 Å². The van der Waals surface area contributed by atoms with Crippen LogP contribution in [0.2, 0.25) is 0 Å². The van der Waals surface area contributed by atoms with Crippen LogP contribution in [0.1, 0.15) is 62.9 Å². The molecule has 1 N–H and O–H groups in total. The number of unbranched alkanes of at least 4 members (excludes halogenated alkanes) is 6. The average Bonchev–Trinajstić information content (AvgIpc) is 2.94. The minimum absolute atomic E-state index is 0.884. The highest BCUT2D eigenvalue weighted by molar-refractivity contribution is 5.01. The van der Waals surface area contributed by atoms with Gasteiger partial charge >= 0.3 is 0 Å². The van der Waals surface area contributed by atoms with Gasteiger partial charge in [-0.15, -0.1) is 0 Å². The molecule has 0 atom stereocenters. The molecule has 0 aliphatic carbocycles. The lowest BCUT2D eigenvalue weighted by atomic mass is 10.1. The molecule has 4 heteroatoms. The number of methoxy groups -OCH3 is 2. The van der Waals surface area contributed by atoms with Crippen LogP contribution in [0.4, 0.5) is 0 Å². The standard InChI is InChI=1S/C17H32N2O2/c1-20-13-9-5-3-7-11-16-15-18-17(19-16)12-8-4-6-10-14-21-2/h15H,3-14H2,1-2H3,(H,18,19). The van der Waals surface area contributed by atoms with E-state index in [4.69, 9.17) is 9.47 Å². The van der Waals surface area contributed by atoms with Gasteiger partial charge in [0.1, 0.15) is 5.82 Å². The number of nitrogens with zero attached hydrogens (tertiary/aromatic N) is 1. The van der Waals surface area contributed by atoms with Crippen LogP contribution in [0.3, 0.4) is 0 Å². The molecule has 0 radical (unpaired) electrons. The zero-order chi connectivity index (χ0) is 15.2. The van der Waals surface area contributed by atoms with Crippen LogP contribution in [0.15, 0.2) is 6.20 Å². The largest absolute Gasteiger partial charge is 0.385 e. The molecule has 0 fully saturated rings. The summed E-state index contributed by atoms with van der Waals surface area (Å²) in [6.07, 6.45) is 14.0. The highest BCUT2D eigenvalue weighted by atomic mass is 16.5. The molecule has 1 aromatic rings. The lowest BCUT2D eigenvalue weighted by Gasteiger charge is -2.01. The van der Waals surface area contributed by atoms with Crippen LogP contribution in [0.5, 0.6) is 0 Å². The molecular weight excluding hydrogens is 264 g/mol. The van der Waals surface area contributed by atoms with E-state index in [-0.39, 0.29) is 0 Å². The maximum atomic E-state index is 5.06. The number of hydrogen-bond acceptors (Lipinski definition) is 3. The predicted molar refractivity (Wildman–Crippen MR) is 86.7 cm³/mol. The van der Waals surface area contributed by atoms with Crippen molar-refractivity contribution >= 4 is 0 Å². The van der Waals surface area contributed by atoms with E-state index in [2.05, 4.69) is 9.97 Å². The molecule has 21 heavy (non-hydrogen) atoms. The fourth-order valence-corrected chi connectivity index (χ4v) is 2.47. The number of aryl methyl sites for hydroxylation is 2. The Hall–Kier alpha value is -0.870. The molecule has 0 saturated heterocycles. The maximum Gasteiger partial charge on any atom is 0.106 e. The predicted octanol–water partition coefficient (Wildman–Crippen LogP) is 3.91. The summed E-state index contributed by atoms with van der Waals surface area (Å²) >= 11 is 0. The quantitative estimate of drug-likeness (QED) is 0.529. The van der Waals surface area contributed by atoms with E-state index >= 15 is 0 Å². The molecule has 4 nitrogen and oxygen atoms in total. The van der Waals surface area contributed by atoms with Gasteiger partial charge in [-0.1, -0.05) is 25.7 Å². The second kappa shape index (κ2) is 12.8. The lowest BCUT2D eigenvalue weighted by Crippen LogP contribution is -1.92. The van der Waals surface area contributed by atoms with Crippen LogP contribution in [-0.4, -0.2) is 37.4 Å². The molecule has 0 unspecified atom stereocenters. The number of H-pyrrole nitrogens is 1. The third-order valence-corrected chi connectivity index (χ3v) is 3.74. The molecule has 0 aliphatic rings. The highest BCUT2D eigenvalue weighted by Crippen LogP contribution is 2.09. The number of nitrogens with one attached hydrogen (secondary N) is 1. The number of aromatic nitrogens is 2. The van der Waals surface area contributed by atoms with Crippen molar-refractivity contribution < 1.29 is 9.47 Å². The van der Waals surface area contributed by atoms with Crippen molar-refractivity contribution in [1.29, 1.82) is 0 Å². The number of imidazole rings is 1. The topological polar surface area (TPSA) is 47.1 Å². The van der Waals surface area contributed by atoms with Gasteiger partial charge in [0.05, 0.1) is 0 Å². The molecule has 0 spiro atoms. The zero-order valence-corrected chi connectivity index (χ0v) is 13.8. The highest BCUT2D eigenvalue weighted by Gasteiger charge is 2.01. The summed E-state index contributed by atoms with van der Waals surface area (Å²) in [7, 11) is 3.53. The van der Waals surface area contributed by atoms with Crippen molar-refractivity contribution in [1.82, 2.24) is 9.97 Å². The number of aromatic amines is 1. The van der Waals surface area contributed by atoms with Crippen LogP contribution in [0, 0.1) is 0 Å². The Bertz CT molecular complexity index is 309. The van der Waals surface area contributed by atoms with Gasteiger partial charge in [-0.25, -0.2) is 4.98 Å². The van der Waals surface area contributed by atoms with Crippen molar-refractivity contribution in [3.8, 4) is 0 Å². The third kappa shape index (κ3) is 9.64. The van der Waals surface area contributed by atoms with E-state index in [1.165, 1.54) is 57.1 Å². The molecule has 122 valence electrons. The molecule has 0 aliphatic heterocycles. The Kier molecular flexibility index (Phi) is 11.1. The lowest BCUT2D eigenvalue weighted by molar-refractivity contribution is 0.192.